The summed E-state index contributed by atoms with van der Waals surface area (Å²) in [6.07, 6.45) is -4.31. The molecule has 0 saturated carbocycles. The van der Waals surface area contributed by atoms with Crippen molar-refractivity contribution in [1.29, 1.82) is 0 Å². The third kappa shape index (κ3) is 3.44. The zero-order chi connectivity index (χ0) is 16.6. The number of anilines is 1. The Morgan fingerprint density at radius 1 is 1.13 bits per heavy atom. The number of benzene rings is 1. The van der Waals surface area contributed by atoms with E-state index >= 15 is 0 Å². The van der Waals surface area contributed by atoms with E-state index in [1.807, 2.05) is 9.80 Å². The SMILES string of the molecule is CC(=O)N1CC(N2CCN(c3cccc(C(F)(F)F)c3)CC2)C1. The molecule has 2 aliphatic rings. The molecule has 7 heteroatoms. The maximum atomic E-state index is 12.8. The van der Waals surface area contributed by atoms with Gasteiger partial charge >= 0.3 is 6.18 Å². The molecule has 23 heavy (non-hydrogen) atoms. The molecule has 0 aromatic heterocycles. The molecule has 126 valence electrons. The Kier molecular flexibility index (Phi) is 4.23. The van der Waals surface area contributed by atoms with Gasteiger partial charge in [0.2, 0.25) is 5.91 Å². The number of carbonyl (C=O) groups is 1. The van der Waals surface area contributed by atoms with Crippen LogP contribution in [0, 0.1) is 0 Å². The van der Waals surface area contributed by atoms with Crippen molar-refractivity contribution in [3.63, 3.8) is 0 Å². The summed E-state index contributed by atoms with van der Waals surface area (Å²) in [6.45, 7) is 6.13. The van der Waals surface area contributed by atoms with Gasteiger partial charge in [0.15, 0.2) is 0 Å². The Bertz CT molecular complexity index is 576. The molecule has 0 N–H and O–H groups in total. The average Bonchev–Trinajstić information content (AvgIpc) is 2.45. The standard InChI is InChI=1S/C16H20F3N3O/c1-12(23)22-10-15(11-22)21-7-5-20(6-8-21)14-4-2-3-13(9-14)16(17,18)19/h2-4,9,15H,5-8,10-11H2,1H3. The number of hydrogen-bond acceptors (Lipinski definition) is 3. The van der Waals surface area contributed by atoms with E-state index < -0.39 is 11.7 Å². The lowest BCUT2D eigenvalue weighted by Gasteiger charge is -2.48. The maximum Gasteiger partial charge on any atom is 0.416 e. The Morgan fingerprint density at radius 3 is 2.35 bits per heavy atom. The number of hydrogen-bond donors (Lipinski definition) is 0. The Balaban J connectivity index is 1.56. The zero-order valence-electron chi connectivity index (χ0n) is 13.0. The first-order valence-corrected chi connectivity index (χ1v) is 7.76. The Morgan fingerprint density at radius 2 is 1.78 bits per heavy atom. The van der Waals surface area contributed by atoms with E-state index in [0.717, 1.165) is 32.2 Å². The molecule has 0 spiro atoms. The average molecular weight is 327 g/mol. The van der Waals surface area contributed by atoms with E-state index in [4.69, 9.17) is 0 Å². The van der Waals surface area contributed by atoms with Crippen molar-refractivity contribution in [1.82, 2.24) is 9.80 Å². The topological polar surface area (TPSA) is 26.8 Å². The van der Waals surface area contributed by atoms with Crippen LogP contribution in [0.3, 0.4) is 0 Å². The third-order valence-corrected chi connectivity index (χ3v) is 4.68. The number of carbonyl (C=O) groups excluding carboxylic acids is 1. The first-order chi connectivity index (χ1) is 10.8. The lowest BCUT2D eigenvalue weighted by Crippen LogP contribution is -2.63. The van der Waals surface area contributed by atoms with Crippen LogP contribution in [0.15, 0.2) is 24.3 Å². The fourth-order valence-electron chi connectivity index (χ4n) is 3.17. The number of rotatable bonds is 2. The monoisotopic (exact) mass is 327 g/mol. The van der Waals surface area contributed by atoms with Gasteiger partial charge in [-0.1, -0.05) is 6.07 Å². The number of halogens is 3. The van der Waals surface area contributed by atoms with Crippen molar-refractivity contribution in [3.8, 4) is 0 Å². The van der Waals surface area contributed by atoms with Crippen molar-refractivity contribution in [2.45, 2.75) is 19.1 Å². The highest BCUT2D eigenvalue weighted by Gasteiger charge is 2.35. The van der Waals surface area contributed by atoms with E-state index in [1.54, 1.807) is 13.0 Å². The van der Waals surface area contributed by atoms with Crippen LogP contribution in [0.2, 0.25) is 0 Å². The second-order valence-corrected chi connectivity index (χ2v) is 6.15. The summed E-state index contributed by atoms with van der Waals surface area (Å²) in [5, 5.41) is 0. The van der Waals surface area contributed by atoms with Gasteiger partial charge in [0, 0.05) is 57.9 Å². The van der Waals surface area contributed by atoms with Gasteiger partial charge in [-0.05, 0) is 18.2 Å². The summed E-state index contributed by atoms with van der Waals surface area (Å²) in [5.74, 6) is 0.101. The van der Waals surface area contributed by atoms with E-state index in [-0.39, 0.29) is 5.91 Å². The molecule has 3 rings (SSSR count). The molecule has 1 aromatic rings. The van der Waals surface area contributed by atoms with Gasteiger partial charge in [0.05, 0.1) is 5.56 Å². The highest BCUT2D eigenvalue weighted by molar-refractivity contribution is 5.74. The fourth-order valence-corrected chi connectivity index (χ4v) is 3.17. The second-order valence-electron chi connectivity index (χ2n) is 6.15. The molecule has 0 bridgehead atoms. The van der Waals surface area contributed by atoms with Gasteiger partial charge in [-0.3, -0.25) is 9.69 Å². The minimum absolute atomic E-state index is 0.101. The van der Waals surface area contributed by atoms with Gasteiger partial charge in [-0.15, -0.1) is 0 Å². The van der Waals surface area contributed by atoms with E-state index in [2.05, 4.69) is 4.90 Å². The number of amides is 1. The number of nitrogens with zero attached hydrogens (tertiary/aromatic N) is 3. The van der Waals surface area contributed by atoms with Crippen LogP contribution in [0.5, 0.6) is 0 Å². The molecule has 2 fully saturated rings. The molecule has 2 saturated heterocycles. The molecule has 1 amide bonds. The first-order valence-electron chi connectivity index (χ1n) is 7.76. The number of likely N-dealkylation sites (tertiary alicyclic amines) is 1. The van der Waals surface area contributed by atoms with Crippen LogP contribution in [0.4, 0.5) is 18.9 Å². The van der Waals surface area contributed by atoms with Gasteiger partial charge in [-0.25, -0.2) is 0 Å². The third-order valence-electron chi connectivity index (χ3n) is 4.68. The highest BCUT2D eigenvalue weighted by Crippen LogP contribution is 2.32. The molecular weight excluding hydrogens is 307 g/mol. The summed E-state index contributed by atoms with van der Waals surface area (Å²) in [4.78, 5) is 17.3. The van der Waals surface area contributed by atoms with Crippen molar-refractivity contribution < 1.29 is 18.0 Å². The minimum Gasteiger partial charge on any atom is -0.369 e. The maximum absolute atomic E-state index is 12.8. The lowest BCUT2D eigenvalue weighted by atomic mass is 10.1. The summed E-state index contributed by atoms with van der Waals surface area (Å²) in [6, 6.07) is 5.90. The molecular formula is C16H20F3N3O. The molecule has 1 aromatic carbocycles. The second kappa shape index (κ2) is 6.03. The van der Waals surface area contributed by atoms with Gasteiger partial charge in [0.1, 0.15) is 0 Å². The normalized spacial score (nSPS) is 20.5. The van der Waals surface area contributed by atoms with Gasteiger partial charge < -0.3 is 9.80 Å². The summed E-state index contributed by atoms with van der Waals surface area (Å²) < 4.78 is 38.4. The van der Waals surface area contributed by atoms with Crippen molar-refractivity contribution in [2.24, 2.45) is 0 Å². The number of piperazine rings is 1. The predicted octanol–water partition coefficient (Wildman–Crippen LogP) is 2.06. The molecule has 2 heterocycles. The fraction of sp³-hybridized carbons (Fsp3) is 0.562. The van der Waals surface area contributed by atoms with Crippen LogP contribution in [-0.2, 0) is 11.0 Å². The van der Waals surface area contributed by atoms with E-state index in [0.29, 0.717) is 24.8 Å². The van der Waals surface area contributed by atoms with Crippen LogP contribution < -0.4 is 4.90 Å². The van der Waals surface area contributed by atoms with Gasteiger partial charge in [0.25, 0.3) is 0 Å². The quantitative estimate of drug-likeness (QED) is 0.832. The Labute approximate surface area is 133 Å². The Hall–Kier alpha value is -1.76. The van der Waals surface area contributed by atoms with E-state index in [9.17, 15) is 18.0 Å². The van der Waals surface area contributed by atoms with Crippen molar-refractivity contribution >= 4 is 11.6 Å². The van der Waals surface area contributed by atoms with Gasteiger partial charge in [-0.2, -0.15) is 13.2 Å². The predicted molar refractivity (Wildman–Crippen MR) is 81.3 cm³/mol. The minimum atomic E-state index is -4.31. The smallest absolute Gasteiger partial charge is 0.369 e. The lowest BCUT2D eigenvalue weighted by molar-refractivity contribution is -0.138. The molecule has 2 aliphatic heterocycles. The van der Waals surface area contributed by atoms with E-state index in [1.165, 1.54) is 12.1 Å². The molecule has 0 radical (unpaired) electrons. The van der Waals surface area contributed by atoms with Crippen molar-refractivity contribution in [2.75, 3.05) is 44.2 Å². The highest BCUT2D eigenvalue weighted by atomic mass is 19.4. The first kappa shape index (κ1) is 16.1. The molecule has 0 aliphatic carbocycles. The molecule has 0 unspecified atom stereocenters. The van der Waals surface area contributed by atoms with Crippen LogP contribution >= 0.6 is 0 Å². The van der Waals surface area contributed by atoms with Crippen molar-refractivity contribution in [3.05, 3.63) is 29.8 Å². The zero-order valence-corrected chi connectivity index (χ0v) is 13.0. The summed E-state index contributed by atoms with van der Waals surface area (Å²) >= 11 is 0. The summed E-state index contributed by atoms with van der Waals surface area (Å²) in [7, 11) is 0. The van der Waals surface area contributed by atoms with Crippen LogP contribution in [-0.4, -0.2) is 61.0 Å². The largest absolute Gasteiger partial charge is 0.416 e. The van der Waals surface area contributed by atoms with Crippen LogP contribution in [0.25, 0.3) is 0 Å². The summed E-state index contributed by atoms with van der Waals surface area (Å²) in [5.41, 5.74) is 0.0203. The van der Waals surface area contributed by atoms with Crippen LogP contribution in [0.1, 0.15) is 12.5 Å². The molecule has 4 nitrogen and oxygen atoms in total. The molecule has 0 atom stereocenters. The number of alkyl halides is 3.